The molecule has 0 fully saturated rings. The molecule has 0 saturated heterocycles. The molecule has 2 N–H and O–H groups in total. The van der Waals surface area contributed by atoms with Crippen molar-refractivity contribution in [1.29, 1.82) is 0 Å². The molecule has 0 atom stereocenters. The topological polar surface area (TPSA) is 58.6 Å². The van der Waals surface area contributed by atoms with Crippen LogP contribution < -0.4 is 10.1 Å². The van der Waals surface area contributed by atoms with Gasteiger partial charge in [0.25, 0.3) is 5.91 Å². The van der Waals surface area contributed by atoms with E-state index in [9.17, 15) is 9.90 Å². The summed E-state index contributed by atoms with van der Waals surface area (Å²) in [4.78, 5) is 11.6. The maximum Gasteiger partial charge on any atom is 0.255 e. The molecular weight excluding hydrogens is 242 g/mol. The first-order valence-corrected chi connectivity index (χ1v) is 5.51. The monoisotopic (exact) mass is 257 g/mol. The first-order valence-electron chi connectivity index (χ1n) is 5.13. The molecule has 1 amide bonds. The number of nitrogens with one attached hydrogen (secondary N) is 1. The number of anilines is 1. The predicted molar refractivity (Wildman–Crippen MR) is 67.7 cm³/mol. The van der Waals surface area contributed by atoms with Crippen LogP contribution in [0.4, 0.5) is 5.69 Å². The highest BCUT2D eigenvalue weighted by Crippen LogP contribution is 2.30. The quantitative estimate of drug-likeness (QED) is 0.874. The van der Waals surface area contributed by atoms with Crippen molar-refractivity contribution in [2.45, 2.75) is 26.4 Å². The van der Waals surface area contributed by atoms with Crippen molar-refractivity contribution in [3.8, 4) is 5.75 Å². The molecular formula is C12H16ClNO3. The molecule has 0 unspecified atom stereocenters. The van der Waals surface area contributed by atoms with Crippen molar-refractivity contribution in [2.75, 3.05) is 12.4 Å². The number of aryl methyl sites for hydroxylation is 1. The lowest BCUT2D eigenvalue weighted by atomic mass is 10.1. The molecule has 0 radical (unpaired) electrons. The number of carbonyl (C=O) groups excluding carboxylic acids is 1. The normalized spacial score (nSPS) is 11.2. The van der Waals surface area contributed by atoms with Crippen LogP contribution in [-0.4, -0.2) is 23.7 Å². The molecule has 0 aliphatic carbocycles. The zero-order valence-electron chi connectivity index (χ0n) is 10.3. The lowest BCUT2D eigenvalue weighted by molar-refractivity contribution is -0.130. The number of amides is 1. The first-order chi connectivity index (χ1) is 7.75. The van der Waals surface area contributed by atoms with Crippen LogP contribution in [0.15, 0.2) is 12.1 Å². The fourth-order valence-electron chi connectivity index (χ4n) is 1.22. The van der Waals surface area contributed by atoms with Gasteiger partial charge in [-0.1, -0.05) is 11.6 Å². The maximum absolute atomic E-state index is 11.6. The Kier molecular flexibility index (Phi) is 4.01. The van der Waals surface area contributed by atoms with E-state index in [1.165, 1.54) is 21.0 Å². The van der Waals surface area contributed by atoms with Crippen LogP contribution in [0.2, 0.25) is 5.02 Å². The summed E-state index contributed by atoms with van der Waals surface area (Å²) in [5, 5.41) is 12.6. The van der Waals surface area contributed by atoms with Crippen LogP contribution >= 0.6 is 11.6 Å². The maximum atomic E-state index is 11.6. The van der Waals surface area contributed by atoms with Crippen molar-refractivity contribution in [2.24, 2.45) is 0 Å². The molecule has 0 bridgehead atoms. The van der Waals surface area contributed by atoms with E-state index < -0.39 is 11.5 Å². The summed E-state index contributed by atoms with van der Waals surface area (Å²) in [5.41, 5.74) is -0.0643. The van der Waals surface area contributed by atoms with Crippen LogP contribution in [0.1, 0.15) is 19.4 Å². The Bertz CT molecular complexity index is 438. The van der Waals surface area contributed by atoms with Crippen LogP contribution in [0, 0.1) is 6.92 Å². The molecule has 5 heteroatoms. The first kappa shape index (κ1) is 13.8. The third kappa shape index (κ3) is 3.35. The third-order valence-electron chi connectivity index (χ3n) is 2.30. The van der Waals surface area contributed by atoms with Gasteiger partial charge in [-0.3, -0.25) is 4.79 Å². The number of hydrogen-bond donors (Lipinski definition) is 2. The minimum absolute atomic E-state index is 0.407. The Morgan fingerprint density at radius 1 is 1.47 bits per heavy atom. The summed E-state index contributed by atoms with van der Waals surface area (Å²) < 4.78 is 5.06. The van der Waals surface area contributed by atoms with Gasteiger partial charge in [0, 0.05) is 5.69 Å². The number of methoxy groups -OCH3 is 1. The van der Waals surface area contributed by atoms with Gasteiger partial charge in [-0.05, 0) is 38.5 Å². The highest BCUT2D eigenvalue weighted by molar-refractivity contribution is 6.32. The average molecular weight is 258 g/mol. The number of halogens is 1. The number of ether oxygens (including phenoxy) is 1. The van der Waals surface area contributed by atoms with E-state index in [1.54, 1.807) is 12.1 Å². The number of hydrogen-bond acceptors (Lipinski definition) is 3. The molecule has 0 aromatic heterocycles. The summed E-state index contributed by atoms with van der Waals surface area (Å²) in [5.74, 6) is 0.0623. The van der Waals surface area contributed by atoms with Gasteiger partial charge in [0.15, 0.2) is 0 Å². The molecule has 1 aromatic carbocycles. The van der Waals surface area contributed by atoms with Crippen LogP contribution in [0.3, 0.4) is 0 Å². The average Bonchev–Trinajstić information content (AvgIpc) is 2.21. The van der Waals surface area contributed by atoms with E-state index >= 15 is 0 Å². The predicted octanol–water partition coefficient (Wildman–Crippen LogP) is 2.37. The molecule has 0 heterocycles. The smallest absolute Gasteiger partial charge is 0.255 e. The van der Waals surface area contributed by atoms with Crippen LogP contribution in [0.25, 0.3) is 0 Å². The third-order valence-corrected chi connectivity index (χ3v) is 2.60. The van der Waals surface area contributed by atoms with Gasteiger partial charge in [0.2, 0.25) is 0 Å². The minimum atomic E-state index is -1.43. The summed E-state index contributed by atoms with van der Waals surface area (Å²) in [6.45, 7) is 4.66. The van der Waals surface area contributed by atoms with E-state index in [0.717, 1.165) is 5.56 Å². The molecule has 1 rings (SSSR count). The van der Waals surface area contributed by atoms with E-state index in [0.29, 0.717) is 16.5 Å². The van der Waals surface area contributed by atoms with Crippen molar-refractivity contribution in [1.82, 2.24) is 0 Å². The summed E-state index contributed by atoms with van der Waals surface area (Å²) in [7, 11) is 1.52. The molecule has 0 spiro atoms. The lowest BCUT2D eigenvalue weighted by Gasteiger charge is -2.18. The second-order valence-electron chi connectivity index (χ2n) is 4.31. The number of rotatable bonds is 3. The zero-order chi connectivity index (χ0) is 13.2. The van der Waals surface area contributed by atoms with Crippen molar-refractivity contribution in [3.63, 3.8) is 0 Å². The van der Waals surface area contributed by atoms with Crippen LogP contribution in [0.5, 0.6) is 5.75 Å². The zero-order valence-corrected chi connectivity index (χ0v) is 11.1. The number of benzene rings is 1. The Balaban J connectivity index is 3.01. The van der Waals surface area contributed by atoms with Gasteiger partial charge < -0.3 is 15.2 Å². The molecule has 17 heavy (non-hydrogen) atoms. The van der Waals surface area contributed by atoms with Gasteiger partial charge in [0.1, 0.15) is 11.4 Å². The van der Waals surface area contributed by atoms with Gasteiger partial charge in [-0.2, -0.15) is 0 Å². The molecule has 0 saturated carbocycles. The Morgan fingerprint density at radius 2 is 2.06 bits per heavy atom. The second kappa shape index (κ2) is 4.94. The lowest BCUT2D eigenvalue weighted by Crippen LogP contribution is -2.36. The van der Waals surface area contributed by atoms with Crippen molar-refractivity contribution >= 4 is 23.2 Å². The second-order valence-corrected chi connectivity index (χ2v) is 4.72. The summed E-state index contributed by atoms with van der Waals surface area (Å²) in [6.07, 6.45) is 0. The molecule has 0 aliphatic heterocycles. The van der Waals surface area contributed by atoms with Gasteiger partial charge in [0.05, 0.1) is 12.1 Å². The van der Waals surface area contributed by atoms with Crippen LogP contribution in [-0.2, 0) is 4.79 Å². The standard InChI is InChI=1S/C12H16ClNO3/c1-7-5-10(17-4)8(13)6-9(7)14-11(15)12(2,3)16/h5-6,16H,1-4H3,(H,14,15). The molecule has 4 nitrogen and oxygen atoms in total. The van der Waals surface area contributed by atoms with Gasteiger partial charge in [-0.15, -0.1) is 0 Å². The molecule has 0 aliphatic rings. The van der Waals surface area contributed by atoms with E-state index in [-0.39, 0.29) is 0 Å². The fourth-order valence-corrected chi connectivity index (χ4v) is 1.46. The Hall–Kier alpha value is -1.26. The van der Waals surface area contributed by atoms with E-state index in [1.807, 2.05) is 6.92 Å². The SMILES string of the molecule is COc1cc(C)c(NC(=O)C(C)(C)O)cc1Cl. The highest BCUT2D eigenvalue weighted by atomic mass is 35.5. The van der Waals surface area contributed by atoms with Gasteiger partial charge in [-0.25, -0.2) is 0 Å². The fraction of sp³-hybridized carbons (Fsp3) is 0.417. The Labute approximate surface area is 106 Å². The van der Waals surface area contributed by atoms with Crippen molar-refractivity contribution < 1.29 is 14.6 Å². The summed E-state index contributed by atoms with van der Waals surface area (Å²) >= 11 is 5.96. The Morgan fingerprint density at radius 3 is 2.53 bits per heavy atom. The number of carbonyl (C=O) groups is 1. The molecule has 94 valence electrons. The van der Waals surface area contributed by atoms with E-state index in [4.69, 9.17) is 16.3 Å². The number of aliphatic hydroxyl groups is 1. The largest absolute Gasteiger partial charge is 0.495 e. The van der Waals surface area contributed by atoms with Gasteiger partial charge >= 0.3 is 0 Å². The van der Waals surface area contributed by atoms with E-state index in [2.05, 4.69) is 5.32 Å². The minimum Gasteiger partial charge on any atom is -0.495 e. The summed E-state index contributed by atoms with van der Waals surface area (Å²) in [6, 6.07) is 3.32. The van der Waals surface area contributed by atoms with Crippen molar-refractivity contribution in [3.05, 3.63) is 22.7 Å². The highest BCUT2D eigenvalue weighted by Gasteiger charge is 2.24. The molecule has 1 aromatic rings.